The van der Waals surface area contributed by atoms with Gasteiger partial charge >= 0.3 is 0 Å². The number of rotatable bonds is 7. The minimum atomic E-state index is -0.599. The van der Waals surface area contributed by atoms with Gasteiger partial charge in [-0.05, 0) is 54.3 Å². The number of hydrogen-bond acceptors (Lipinski definition) is 7. The largest absolute Gasteiger partial charge is 0.496 e. The van der Waals surface area contributed by atoms with Gasteiger partial charge in [0, 0.05) is 30.2 Å². The molecule has 0 bridgehead atoms. The molecule has 1 aliphatic rings. The first-order chi connectivity index (χ1) is 17.9. The summed E-state index contributed by atoms with van der Waals surface area (Å²) in [6, 6.07) is 9.10. The van der Waals surface area contributed by atoms with Crippen molar-refractivity contribution in [1.82, 2.24) is 24.8 Å². The lowest BCUT2D eigenvalue weighted by molar-refractivity contribution is 0.0571. The molecule has 9 nitrogen and oxygen atoms in total. The third-order valence-electron chi connectivity index (χ3n) is 6.52. The van der Waals surface area contributed by atoms with Gasteiger partial charge in [-0.25, -0.2) is 19.3 Å². The number of nitrogens with zero attached hydrogens (tertiary/aromatic N) is 5. The van der Waals surface area contributed by atoms with Gasteiger partial charge in [-0.3, -0.25) is 4.79 Å². The number of fused-ring (bicyclic) bond motifs is 1. The van der Waals surface area contributed by atoms with Crippen molar-refractivity contribution in [2.24, 2.45) is 5.92 Å². The average Bonchev–Trinajstić information content (AvgIpc) is 3.35. The number of nitriles is 1. The highest BCUT2D eigenvalue weighted by atomic mass is 35.5. The number of imidazole rings is 1. The van der Waals surface area contributed by atoms with Gasteiger partial charge in [0.15, 0.2) is 11.5 Å². The van der Waals surface area contributed by atoms with Crippen molar-refractivity contribution < 1.29 is 13.9 Å². The number of nitrogens with one attached hydrogen (secondary N) is 2. The minimum absolute atomic E-state index is 0.00908. The zero-order valence-corrected chi connectivity index (χ0v) is 20.9. The number of aromatic amines is 1. The normalized spacial score (nSPS) is 13.3. The molecule has 1 aliphatic heterocycles. The molecule has 2 N–H and O–H groups in total. The SMILES string of the molecule is COc1ccc(Cl)cc1-c1cc(CCNc2ncnc3nc[nH]c23)c(C(=O)N2CC(C#N)C2)c(F)c1C. The quantitative estimate of drug-likeness (QED) is 0.372. The molecule has 0 unspecified atom stereocenters. The predicted molar refractivity (Wildman–Crippen MR) is 137 cm³/mol. The predicted octanol–water partition coefficient (Wildman–Crippen LogP) is 4.38. The monoisotopic (exact) mass is 519 g/mol. The summed E-state index contributed by atoms with van der Waals surface area (Å²) in [6.45, 7) is 2.57. The highest BCUT2D eigenvalue weighted by molar-refractivity contribution is 6.31. The van der Waals surface area contributed by atoms with E-state index in [1.54, 1.807) is 25.1 Å². The van der Waals surface area contributed by atoms with Crippen molar-refractivity contribution in [2.75, 3.05) is 32.1 Å². The summed E-state index contributed by atoms with van der Waals surface area (Å²) in [5.41, 5.74) is 3.23. The van der Waals surface area contributed by atoms with Gasteiger partial charge in [0.1, 0.15) is 23.4 Å². The number of benzene rings is 2. The van der Waals surface area contributed by atoms with Gasteiger partial charge in [-0.2, -0.15) is 5.26 Å². The number of carbonyl (C=O) groups excluding carboxylic acids is 1. The number of H-pyrrole nitrogens is 1. The first-order valence-corrected chi connectivity index (χ1v) is 12.0. The molecule has 188 valence electrons. The summed E-state index contributed by atoms with van der Waals surface area (Å²) in [7, 11) is 1.54. The molecule has 2 aromatic heterocycles. The molecule has 2 aromatic carbocycles. The minimum Gasteiger partial charge on any atom is -0.496 e. The second-order valence-electron chi connectivity index (χ2n) is 8.78. The average molecular weight is 520 g/mol. The first kappa shape index (κ1) is 24.5. The second-order valence-corrected chi connectivity index (χ2v) is 9.21. The van der Waals surface area contributed by atoms with Gasteiger partial charge < -0.3 is 19.9 Å². The van der Waals surface area contributed by atoms with E-state index < -0.39 is 11.7 Å². The number of carbonyl (C=O) groups is 1. The molecule has 0 radical (unpaired) electrons. The smallest absolute Gasteiger partial charge is 0.257 e. The van der Waals surface area contributed by atoms with E-state index >= 15 is 4.39 Å². The van der Waals surface area contributed by atoms with E-state index in [4.69, 9.17) is 21.6 Å². The van der Waals surface area contributed by atoms with E-state index in [1.807, 2.05) is 6.07 Å². The molecular formula is C26H23ClFN7O2. The van der Waals surface area contributed by atoms with Crippen molar-refractivity contribution in [3.63, 3.8) is 0 Å². The highest BCUT2D eigenvalue weighted by Crippen LogP contribution is 2.38. The number of anilines is 1. The molecule has 4 aromatic rings. The molecule has 11 heteroatoms. The van der Waals surface area contributed by atoms with Gasteiger partial charge in [0.2, 0.25) is 0 Å². The molecule has 37 heavy (non-hydrogen) atoms. The molecule has 1 saturated heterocycles. The summed E-state index contributed by atoms with van der Waals surface area (Å²) < 4.78 is 21.5. The van der Waals surface area contributed by atoms with Gasteiger partial charge in [-0.1, -0.05) is 11.6 Å². The number of methoxy groups -OCH3 is 1. The molecule has 1 fully saturated rings. The van der Waals surface area contributed by atoms with Crippen LogP contribution >= 0.6 is 11.6 Å². The Bertz CT molecular complexity index is 1540. The van der Waals surface area contributed by atoms with Crippen LogP contribution in [0.25, 0.3) is 22.3 Å². The Morgan fingerprint density at radius 3 is 2.86 bits per heavy atom. The fourth-order valence-electron chi connectivity index (χ4n) is 4.50. The lowest BCUT2D eigenvalue weighted by Gasteiger charge is -2.36. The zero-order valence-electron chi connectivity index (χ0n) is 20.2. The summed E-state index contributed by atoms with van der Waals surface area (Å²) in [6.07, 6.45) is 3.26. The Kier molecular flexibility index (Phi) is 6.63. The van der Waals surface area contributed by atoms with Crippen LogP contribution in [0.4, 0.5) is 10.2 Å². The molecule has 1 amide bonds. The lowest BCUT2D eigenvalue weighted by atomic mass is 9.90. The van der Waals surface area contributed by atoms with Crippen LogP contribution in [0.3, 0.4) is 0 Å². The molecule has 0 aliphatic carbocycles. The van der Waals surface area contributed by atoms with Crippen molar-refractivity contribution >= 4 is 34.5 Å². The Labute approximate surface area is 217 Å². The van der Waals surface area contributed by atoms with Crippen LogP contribution in [0.5, 0.6) is 5.75 Å². The van der Waals surface area contributed by atoms with E-state index in [-0.39, 0.29) is 24.6 Å². The fourth-order valence-corrected chi connectivity index (χ4v) is 4.67. The van der Waals surface area contributed by atoms with Crippen LogP contribution in [0.2, 0.25) is 5.02 Å². The number of amides is 1. The maximum atomic E-state index is 16.0. The van der Waals surface area contributed by atoms with Crippen molar-refractivity contribution in [3.8, 4) is 22.9 Å². The Morgan fingerprint density at radius 1 is 1.30 bits per heavy atom. The highest BCUT2D eigenvalue weighted by Gasteiger charge is 2.34. The van der Waals surface area contributed by atoms with Crippen LogP contribution in [0, 0.1) is 30.0 Å². The van der Waals surface area contributed by atoms with Gasteiger partial charge in [0.25, 0.3) is 5.91 Å². The van der Waals surface area contributed by atoms with E-state index in [1.165, 1.54) is 24.7 Å². The molecule has 3 heterocycles. The van der Waals surface area contributed by atoms with E-state index in [0.29, 0.717) is 63.0 Å². The van der Waals surface area contributed by atoms with E-state index in [9.17, 15) is 4.79 Å². The third kappa shape index (κ3) is 4.54. The molecular weight excluding hydrogens is 497 g/mol. The van der Waals surface area contributed by atoms with Crippen LogP contribution in [0.1, 0.15) is 21.5 Å². The van der Waals surface area contributed by atoms with Gasteiger partial charge in [-0.15, -0.1) is 0 Å². The molecule has 0 atom stereocenters. The Morgan fingerprint density at radius 2 is 2.11 bits per heavy atom. The zero-order chi connectivity index (χ0) is 26.1. The summed E-state index contributed by atoms with van der Waals surface area (Å²) in [5.74, 6) is -0.165. The lowest BCUT2D eigenvalue weighted by Crippen LogP contribution is -2.49. The summed E-state index contributed by atoms with van der Waals surface area (Å²) >= 11 is 6.26. The molecule has 0 spiro atoms. The van der Waals surface area contributed by atoms with E-state index in [0.717, 1.165) is 0 Å². The summed E-state index contributed by atoms with van der Waals surface area (Å²) in [4.78, 5) is 30.4. The van der Waals surface area contributed by atoms with Gasteiger partial charge in [0.05, 0.1) is 31.0 Å². The van der Waals surface area contributed by atoms with E-state index in [2.05, 4.69) is 31.3 Å². The van der Waals surface area contributed by atoms with Crippen molar-refractivity contribution in [1.29, 1.82) is 5.26 Å². The van der Waals surface area contributed by atoms with Crippen LogP contribution in [-0.2, 0) is 6.42 Å². The number of halogens is 2. The Hall–Kier alpha value is -4.23. The second kappa shape index (κ2) is 10.0. The van der Waals surface area contributed by atoms with Crippen LogP contribution in [-0.4, -0.2) is 57.5 Å². The molecule has 5 rings (SSSR count). The maximum absolute atomic E-state index is 16.0. The first-order valence-electron chi connectivity index (χ1n) is 11.6. The Balaban J connectivity index is 1.53. The number of ether oxygens (including phenoxy) is 1. The maximum Gasteiger partial charge on any atom is 0.257 e. The standard InChI is InChI=1S/C26H23ClFN7O2/c1-14-18(19-8-17(27)3-4-20(19)37-2)7-16(21(22(14)28)26(36)35-10-15(9-29)11-35)5-6-30-24-23-25(32-12-31-23)34-13-33-24/h3-4,7-8,12-13,15H,5-6,10-11H2,1-2H3,(H2,30,31,32,33,34). The van der Waals surface area contributed by atoms with Crippen molar-refractivity contribution in [3.05, 3.63) is 64.5 Å². The molecule has 0 saturated carbocycles. The fraction of sp³-hybridized carbons (Fsp3) is 0.269. The number of likely N-dealkylation sites (tertiary alicyclic amines) is 1. The summed E-state index contributed by atoms with van der Waals surface area (Å²) in [5, 5.41) is 12.8. The topological polar surface area (TPSA) is 120 Å². The van der Waals surface area contributed by atoms with Crippen LogP contribution in [0.15, 0.2) is 36.9 Å². The number of hydrogen-bond donors (Lipinski definition) is 2. The third-order valence-corrected chi connectivity index (χ3v) is 6.75. The van der Waals surface area contributed by atoms with Crippen molar-refractivity contribution in [2.45, 2.75) is 13.3 Å². The number of aromatic nitrogens is 4. The van der Waals surface area contributed by atoms with Crippen LogP contribution < -0.4 is 10.1 Å².